The van der Waals surface area contributed by atoms with E-state index in [4.69, 9.17) is 4.42 Å². The molecule has 0 fully saturated rings. The molecule has 0 aliphatic rings. The van der Waals surface area contributed by atoms with Crippen LogP contribution in [-0.2, 0) is 4.79 Å². The van der Waals surface area contributed by atoms with E-state index in [2.05, 4.69) is 10.6 Å². The molecule has 2 rings (SSSR count). The molecule has 23 heavy (non-hydrogen) atoms. The summed E-state index contributed by atoms with van der Waals surface area (Å²) in [6, 6.07) is 10.5. The molecule has 2 amide bonds. The Kier molecular flexibility index (Phi) is 5.36. The number of carbonyl (C=O) groups excluding carboxylic acids is 2. The third kappa shape index (κ3) is 4.57. The lowest BCUT2D eigenvalue weighted by molar-refractivity contribution is -0.117. The lowest BCUT2D eigenvalue weighted by Crippen LogP contribution is -2.24. The molecule has 1 atom stereocenters. The van der Waals surface area contributed by atoms with E-state index in [1.165, 1.54) is 6.08 Å². The molecule has 1 aromatic heterocycles. The maximum atomic E-state index is 11.9. The number of carbonyl (C=O) groups is 2. The highest BCUT2D eigenvalue weighted by atomic mass is 16.3. The monoisotopic (exact) mass is 312 g/mol. The fourth-order valence-electron chi connectivity index (χ4n) is 2.08. The number of rotatable bonds is 5. The Morgan fingerprint density at radius 3 is 2.39 bits per heavy atom. The van der Waals surface area contributed by atoms with E-state index in [9.17, 15) is 9.59 Å². The van der Waals surface area contributed by atoms with Crippen LogP contribution in [0, 0.1) is 6.92 Å². The van der Waals surface area contributed by atoms with Crippen LogP contribution < -0.4 is 10.6 Å². The smallest absolute Gasteiger partial charge is 0.251 e. The number of amides is 2. The van der Waals surface area contributed by atoms with Crippen LogP contribution in [0.15, 0.2) is 46.9 Å². The van der Waals surface area contributed by atoms with Crippen LogP contribution in [0.4, 0.5) is 0 Å². The van der Waals surface area contributed by atoms with Gasteiger partial charge in [-0.2, -0.15) is 0 Å². The number of hydrogen-bond donors (Lipinski definition) is 2. The lowest BCUT2D eigenvalue weighted by atomic mass is 10.1. The van der Waals surface area contributed by atoms with E-state index in [1.54, 1.807) is 37.4 Å². The molecule has 0 aliphatic heterocycles. The number of aryl methyl sites for hydroxylation is 1. The van der Waals surface area contributed by atoms with Gasteiger partial charge in [0.1, 0.15) is 11.5 Å². The summed E-state index contributed by atoms with van der Waals surface area (Å²) in [5, 5.41) is 5.39. The first kappa shape index (κ1) is 16.5. The van der Waals surface area contributed by atoms with Gasteiger partial charge in [-0.05, 0) is 49.8 Å². The second-order valence-electron chi connectivity index (χ2n) is 5.21. The van der Waals surface area contributed by atoms with Gasteiger partial charge in [-0.1, -0.05) is 12.1 Å². The van der Waals surface area contributed by atoms with E-state index in [1.807, 2.05) is 26.0 Å². The standard InChI is InChI=1S/C18H20N2O3/c1-12-4-10-16(23-12)13(2)20-17(21)11-7-14-5-8-15(9-6-14)18(22)19-3/h4-11,13H,1-3H3,(H,19,22)(H,20,21)/b11-7+. The second-order valence-corrected chi connectivity index (χ2v) is 5.21. The summed E-state index contributed by atoms with van der Waals surface area (Å²) in [6.45, 7) is 3.72. The Morgan fingerprint density at radius 1 is 1.13 bits per heavy atom. The van der Waals surface area contributed by atoms with Crippen LogP contribution in [-0.4, -0.2) is 18.9 Å². The van der Waals surface area contributed by atoms with Crippen molar-refractivity contribution in [2.45, 2.75) is 19.9 Å². The van der Waals surface area contributed by atoms with Crippen LogP contribution in [0.2, 0.25) is 0 Å². The molecule has 2 N–H and O–H groups in total. The molecule has 1 aromatic carbocycles. The largest absolute Gasteiger partial charge is 0.464 e. The number of benzene rings is 1. The summed E-state index contributed by atoms with van der Waals surface area (Å²) < 4.78 is 5.48. The van der Waals surface area contributed by atoms with Crippen molar-refractivity contribution >= 4 is 17.9 Å². The van der Waals surface area contributed by atoms with Gasteiger partial charge in [0.25, 0.3) is 5.91 Å². The van der Waals surface area contributed by atoms with Gasteiger partial charge >= 0.3 is 0 Å². The van der Waals surface area contributed by atoms with E-state index >= 15 is 0 Å². The van der Waals surface area contributed by atoms with E-state index < -0.39 is 0 Å². The van der Waals surface area contributed by atoms with Crippen molar-refractivity contribution in [3.05, 3.63) is 65.1 Å². The van der Waals surface area contributed by atoms with Crippen molar-refractivity contribution in [3.63, 3.8) is 0 Å². The first-order valence-electron chi connectivity index (χ1n) is 7.36. The highest BCUT2D eigenvalue weighted by Gasteiger charge is 2.10. The molecule has 0 radical (unpaired) electrons. The molecule has 0 saturated heterocycles. The van der Waals surface area contributed by atoms with Gasteiger partial charge in [-0.3, -0.25) is 9.59 Å². The SMILES string of the molecule is CNC(=O)c1ccc(/C=C/C(=O)NC(C)c2ccc(C)o2)cc1. The number of nitrogens with one attached hydrogen (secondary N) is 2. The summed E-state index contributed by atoms with van der Waals surface area (Å²) >= 11 is 0. The number of furan rings is 1. The third-order valence-corrected chi connectivity index (χ3v) is 3.37. The fourth-order valence-corrected chi connectivity index (χ4v) is 2.08. The topological polar surface area (TPSA) is 71.3 Å². The van der Waals surface area contributed by atoms with E-state index in [0.717, 1.165) is 17.1 Å². The van der Waals surface area contributed by atoms with Gasteiger partial charge in [-0.15, -0.1) is 0 Å². The van der Waals surface area contributed by atoms with Crippen molar-refractivity contribution < 1.29 is 14.0 Å². The first-order valence-corrected chi connectivity index (χ1v) is 7.36. The average molecular weight is 312 g/mol. The minimum absolute atomic E-state index is 0.138. The maximum absolute atomic E-state index is 11.9. The normalized spacial score (nSPS) is 12.1. The molecule has 1 unspecified atom stereocenters. The molecule has 0 bridgehead atoms. The van der Waals surface area contributed by atoms with E-state index in [0.29, 0.717) is 5.56 Å². The molecule has 120 valence electrons. The molecular weight excluding hydrogens is 292 g/mol. The molecule has 0 saturated carbocycles. The summed E-state index contributed by atoms with van der Waals surface area (Å²) in [4.78, 5) is 23.4. The summed E-state index contributed by atoms with van der Waals surface area (Å²) in [6.07, 6.45) is 3.16. The molecule has 1 heterocycles. The van der Waals surface area contributed by atoms with Crippen molar-refractivity contribution in [2.24, 2.45) is 0 Å². The Balaban J connectivity index is 1.94. The lowest BCUT2D eigenvalue weighted by Gasteiger charge is -2.09. The maximum Gasteiger partial charge on any atom is 0.251 e. The Labute approximate surface area is 135 Å². The molecule has 5 nitrogen and oxygen atoms in total. The molecule has 0 aliphatic carbocycles. The first-order chi connectivity index (χ1) is 11.0. The van der Waals surface area contributed by atoms with Crippen LogP contribution in [0.3, 0.4) is 0 Å². The quantitative estimate of drug-likeness (QED) is 0.834. The molecule has 5 heteroatoms. The van der Waals surface area contributed by atoms with E-state index in [-0.39, 0.29) is 17.9 Å². The summed E-state index contributed by atoms with van der Waals surface area (Å²) in [7, 11) is 1.59. The van der Waals surface area contributed by atoms with Gasteiger partial charge in [0, 0.05) is 18.7 Å². The summed E-state index contributed by atoms with van der Waals surface area (Å²) in [5.41, 5.74) is 1.42. The van der Waals surface area contributed by atoms with Crippen LogP contribution in [0.25, 0.3) is 6.08 Å². The van der Waals surface area contributed by atoms with Gasteiger partial charge in [0.15, 0.2) is 0 Å². The minimum Gasteiger partial charge on any atom is -0.464 e. The van der Waals surface area contributed by atoms with Crippen molar-refractivity contribution in [1.82, 2.24) is 10.6 Å². The minimum atomic E-state index is -0.207. The molecule has 0 spiro atoms. The highest BCUT2D eigenvalue weighted by molar-refractivity contribution is 5.94. The zero-order valence-corrected chi connectivity index (χ0v) is 13.4. The zero-order chi connectivity index (χ0) is 16.8. The van der Waals surface area contributed by atoms with Gasteiger partial charge in [-0.25, -0.2) is 0 Å². The van der Waals surface area contributed by atoms with Crippen LogP contribution in [0.1, 0.15) is 40.4 Å². The zero-order valence-electron chi connectivity index (χ0n) is 13.4. The molecule has 2 aromatic rings. The average Bonchev–Trinajstić information content (AvgIpc) is 2.99. The molecular formula is C18H20N2O3. The third-order valence-electron chi connectivity index (χ3n) is 3.37. The van der Waals surface area contributed by atoms with Gasteiger partial charge in [0.2, 0.25) is 5.91 Å². The fraction of sp³-hybridized carbons (Fsp3) is 0.222. The second kappa shape index (κ2) is 7.45. The summed E-state index contributed by atoms with van der Waals surface area (Å²) in [5.74, 6) is 1.19. The van der Waals surface area contributed by atoms with Gasteiger partial charge in [0.05, 0.1) is 6.04 Å². The number of hydrogen-bond acceptors (Lipinski definition) is 3. The van der Waals surface area contributed by atoms with Gasteiger partial charge < -0.3 is 15.1 Å². The Hall–Kier alpha value is -2.82. The van der Waals surface area contributed by atoms with Crippen molar-refractivity contribution in [2.75, 3.05) is 7.05 Å². The van der Waals surface area contributed by atoms with Crippen LogP contribution in [0.5, 0.6) is 0 Å². The van der Waals surface area contributed by atoms with Crippen molar-refractivity contribution in [3.8, 4) is 0 Å². The Morgan fingerprint density at radius 2 is 1.83 bits per heavy atom. The predicted molar refractivity (Wildman–Crippen MR) is 88.9 cm³/mol. The Bertz CT molecular complexity index is 714. The predicted octanol–water partition coefficient (Wildman–Crippen LogP) is 2.84. The highest BCUT2D eigenvalue weighted by Crippen LogP contribution is 2.15. The van der Waals surface area contributed by atoms with Crippen LogP contribution >= 0.6 is 0 Å². The van der Waals surface area contributed by atoms with Crippen molar-refractivity contribution in [1.29, 1.82) is 0 Å².